The number of nitrogens with zero attached hydrogens (tertiary/aromatic N) is 2. The van der Waals surface area contributed by atoms with Gasteiger partial charge in [-0.1, -0.05) is 6.07 Å². The number of hydrogen-bond donors (Lipinski definition) is 1. The molecule has 0 unspecified atom stereocenters. The Morgan fingerprint density at radius 1 is 1.25 bits per heavy atom. The van der Waals surface area contributed by atoms with Gasteiger partial charge in [-0.15, -0.1) is 0 Å². The van der Waals surface area contributed by atoms with Crippen LogP contribution in [-0.2, 0) is 4.74 Å². The zero-order chi connectivity index (χ0) is 14.1. The number of carbonyl (C=O) groups excluding carboxylic acids is 1. The first-order valence-electron chi connectivity index (χ1n) is 6.48. The molecule has 5 nitrogen and oxygen atoms in total. The third kappa shape index (κ3) is 2.06. The van der Waals surface area contributed by atoms with Crippen molar-refractivity contribution in [1.29, 1.82) is 0 Å². The quantitative estimate of drug-likeness (QED) is 0.859. The summed E-state index contributed by atoms with van der Waals surface area (Å²) < 4.78 is 6.76. The van der Waals surface area contributed by atoms with E-state index in [0.717, 1.165) is 11.4 Å². The van der Waals surface area contributed by atoms with Gasteiger partial charge in [-0.25, -0.2) is 4.79 Å². The molecule has 1 saturated heterocycles. The molecular weight excluding hydrogens is 256 g/mol. The van der Waals surface area contributed by atoms with Crippen LogP contribution in [0.3, 0.4) is 0 Å². The standard InChI is InChI=1S/C15H16N2O3/c1-20-15(19)12-5-4-6-13(17-9-11(18)10-17)14(12)16-7-2-3-8-16/h2-8,11,18H,9-10H2,1H3. The third-order valence-corrected chi connectivity index (χ3v) is 3.49. The molecule has 0 saturated carbocycles. The number of methoxy groups -OCH3 is 1. The molecule has 1 aromatic carbocycles. The van der Waals surface area contributed by atoms with Crippen LogP contribution >= 0.6 is 0 Å². The van der Waals surface area contributed by atoms with Crippen molar-refractivity contribution >= 4 is 11.7 Å². The van der Waals surface area contributed by atoms with Crippen LogP contribution in [0.25, 0.3) is 5.69 Å². The van der Waals surface area contributed by atoms with Gasteiger partial charge < -0.3 is 19.3 Å². The zero-order valence-electron chi connectivity index (χ0n) is 11.2. The summed E-state index contributed by atoms with van der Waals surface area (Å²) in [5.74, 6) is -0.364. The predicted molar refractivity (Wildman–Crippen MR) is 75.3 cm³/mol. The second-order valence-corrected chi connectivity index (χ2v) is 4.81. The first-order chi connectivity index (χ1) is 9.70. The molecule has 0 aliphatic carbocycles. The van der Waals surface area contributed by atoms with E-state index in [0.29, 0.717) is 18.7 Å². The minimum Gasteiger partial charge on any atom is -0.465 e. The fraction of sp³-hybridized carbons (Fsp3) is 0.267. The van der Waals surface area contributed by atoms with Crippen LogP contribution in [-0.4, -0.2) is 41.9 Å². The maximum absolute atomic E-state index is 12.0. The fourth-order valence-electron chi connectivity index (χ4n) is 2.47. The molecule has 20 heavy (non-hydrogen) atoms. The van der Waals surface area contributed by atoms with E-state index in [1.165, 1.54) is 7.11 Å². The molecule has 0 radical (unpaired) electrons. The number of aliphatic hydroxyl groups is 1. The number of β-amino-alcohol motifs (C(OH)–C–C–N with tert-alkyl or cyclic N) is 1. The summed E-state index contributed by atoms with van der Waals surface area (Å²) in [6.45, 7) is 1.16. The Morgan fingerprint density at radius 2 is 1.95 bits per heavy atom. The second kappa shape index (κ2) is 5.02. The monoisotopic (exact) mass is 272 g/mol. The number of hydrogen-bond acceptors (Lipinski definition) is 4. The molecule has 1 aliphatic heterocycles. The smallest absolute Gasteiger partial charge is 0.340 e. The number of aromatic nitrogens is 1. The van der Waals surface area contributed by atoms with Crippen molar-refractivity contribution in [3.63, 3.8) is 0 Å². The van der Waals surface area contributed by atoms with E-state index in [4.69, 9.17) is 4.74 Å². The van der Waals surface area contributed by atoms with Crippen molar-refractivity contribution in [1.82, 2.24) is 4.57 Å². The lowest BCUT2D eigenvalue weighted by atomic mass is 10.1. The molecule has 1 N–H and O–H groups in total. The number of rotatable bonds is 3. The number of benzene rings is 1. The lowest BCUT2D eigenvalue weighted by Gasteiger charge is -2.39. The summed E-state index contributed by atoms with van der Waals surface area (Å²) in [7, 11) is 1.38. The largest absolute Gasteiger partial charge is 0.465 e. The van der Waals surface area contributed by atoms with Crippen molar-refractivity contribution in [2.24, 2.45) is 0 Å². The van der Waals surface area contributed by atoms with Gasteiger partial charge >= 0.3 is 5.97 Å². The molecule has 104 valence electrons. The van der Waals surface area contributed by atoms with Gasteiger partial charge in [0.1, 0.15) is 0 Å². The van der Waals surface area contributed by atoms with Crippen LogP contribution in [0.15, 0.2) is 42.7 Å². The second-order valence-electron chi connectivity index (χ2n) is 4.81. The maximum Gasteiger partial charge on any atom is 0.340 e. The highest BCUT2D eigenvalue weighted by Crippen LogP contribution is 2.31. The molecule has 0 spiro atoms. The molecule has 0 atom stereocenters. The Bertz CT molecular complexity index is 616. The van der Waals surface area contributed by atoms with Crippen molar-refractivity contribution in [2.75, 3.05) is 25.1 Å². The van der Waals surface area contributed by atoms with E-state index >= 15 is 0 Å². The molecule has 3 rings (SSSR count). The molecule has 1 fully saturated rings. The van der Waals surface area contributed by atoms with Crippen LogP contribution < -0.4 is 4.90 Å². The number of ether oxygens (including phenoxy) is 1. The summed E-state index contributed by atoms with van der Waals surface area (Å²) in [5.41, 5.74) is 2.23. The van der Waals surface area contributed by atoms with Gasteiger partial charge in [-0.2, -0.15) is 0 Å². The molecule has 2 aromatic rings. The Labute approximate surface area is 117 Å². The van der Waals surface area contributed by atoms with E-state index in [9.17, 15) is 9.90 Å². The lowest BCUT2D eigenvalue weighted by Crippen LogP contribution is -2.51. The first-order valence-corrected chi connectivity index (χ1v) is 6.48. The Hall–Kier alpha value is -2.27. The summed E-state index contributed by atoms with van der Waals surface area (Å²) in [5, 5.41) is 9.49. The van der Waals surface area contributed by atoms with E-state index in [-0.39, 0.29) is 12.1 Å². The predicted octanol–water partition coefficient (Wildman–Crippen LogP) is 1.44. The van der Waals surface area contributed by atoms with E-state index < -0.39 is 0 Å². The highest BCUT2D eigenvalue weighted by molar-refractivity contribution is 5.96. The van der Waals surface area contributed by atoms with Gasteiger partial charge in [0.15, 0.2) is 0 Å². The normalized spacial score (nSPS) is 15.0. The molecule has 0 bridgehead atoms. The van der Waals surface area contributed by atoms with Crippen LogP contribution in [0.5, 0.6) is 0 Å². The Kier molecular flexibility index (Phi) is 3.20. The molecule has 2 heterocycles. The van der Waals surface area contributed by atoms with Crippen LogP contribution in [0, 0.1) is 0 Å². The minimum absolute atomic E-state index is 0.297. The number of anilines is 1. The van der Waals surface area contributed by atoms with Gasteiger partial charge in [-0.3, -0.25) is 0 Å². The van der Waals surface area contributed by atoms with E-state index in [2.05, 4.69) is 0 Å². The summed E-state index contributed by atoms with van der Waals surface area (Å²) in [6, 6.07) is 9.35. The van der Waals surface area contributed by atoms with Gasteiger partial charge in [0, 0.05) is 25.5 Å². The molecule has 1 aromatic heterocycles. The summed E-state index contributed by atoms with van der Waals surface area (Å²) in [6.07, 6.45) is 3.48. The summed E-state index contributed by atoms with van der Waals surface area (Å²) >= 11 is 0. The SMILES string of the molecule is COC(=O)c1cccc(N2CC(O)C2)c1-n1cccc1. The fourth-order valence-corrected chi connectivity index (χ4v) is 2.47. The Morgan fingerprint density at radius 3 is 2.55 bits per heavy atom. The number of esters is 1. The van der Waals surface area contributed by atoms with E-state index in [1.807, 2.05) is 46.1 Å². The van der Waals surface area contributed by atoms with Crippen LogP contribution in [0.1, 0.15) is 10.4 Å². The van der Waals surface area contributed by atoms with Gasteiger partial charge in [0.25, 0.3) is 0 Å². The van der Waals surface area contributed by atoms with Crippen molar-refractivity contribution in [2.45, 2.75) is 6.10 Å². The molecule has 1 aliphatic rings. The highest BCUT2D eigenvalue weighted by atomic mass is 16.5. The van der Waals surface area contributed by atoms with Crippen molar-refractivity contribution < 1.29 is 14.6 Å². The minimum atomic E-state index is -0.364. The van der Waals surface area contributed by atoms with Crippen molar-refractivity contribution in [3.8, 4) is 5.69 Å². The number of aliphatic hydroxyl groups excluding tert-OH is 1. The lowest BCUT2D eigenvalue weighted by molar-refractivity contribution is 0.0601. The van der Waals surface area contributed by atoms with Crippen LogP contribution in [0.4, 0.5) is 5.69 Å². The third-order valence-electron chi connectivity index (χ3n) is 3.49. The highest BCUT2D eigenvalue weighted by Gasteiger charge is 2.28. The van der Waals surface area contributed by atoms with Gasteiger partial charge in [-0.05, 0) is 24.3 Å². The van der Waals surface area contributed by atoms with Gasteiger partial charge in [0.05, 0.1) is 30.2 Å². The van der Waals surface area contributed by atoms with E-state index in [1.54, 1.807) is 6.07 Å². The summed E-state index contributed by atoms with van der Waals surface area (Å²) in [4.78, 5) is 14.0. The number of para-hydroxylation sites is 1. The molecule has 5 heteroatoms. The Balaban J connectivity index is 2.12. The average molecular weight is 272 g/mol. The van der Waals surface area contributed by atoms with Crippen LogP contribution in [0.2, 0.25) is 0 Å². The zero-order valence-corrected chi connectivity index (χ0v) is 11.2. The topological polar surface area (TPSA) is 54.7 Å². The molecular formula is C15H16N2O3. The number of carbonyl (C=O) groups is 1. The maximum atomic E-state index is 12.0. The van der Waals surface area contributed by atoms with Crippen molar-refractivity contribution in [3.05, 3.63) is 48.3 Å². The van der Waals surface area contributed by atoms with Gasteiger partial charge in [0.2, 0.25) is 0 Å². The average Bonchev–Trinajstić information content (AvgIpc) is 2.96. The molecule has 0 amide bonds. The first kappa shape index (κ1) is 12.7.